The quantitative estimate of drug-likeness (QED) is 0.853. The summed E-state index contributed by atoms with van der Waals surface area (Å²) in [5.41, 5.74) is 2.27. The molecule has 3 heterocycles. The molecule has 23 heavy (non-hydrogen) atoms. The van der Waals surface area contributed by atoms with Gasteiger partial charge in [-0.05, 0) is 37.0 Å². The Morgan fingerprint density at radius 1 is 1.09 bits per heavy atom. The van der Waals surface area contributed by atoms with Gasteiger partial charge in [0.15, 0.2) is 0 Å². The summed E-state index contributed by atoms with van der Waals surface area (Å²) in [4.78, 5) is 13.9. The van der Waals surface area contributed by atoms with Crippen molar-refractivity contribution < 1.29 is 4.74 Å². The van der Waals surface area contributed by atoms with Crippen LogP contribution < -0.4 is 9.80 Å². The third-order valence-electron chi connectivity index (χ3n) is 4.93. The third-order valence-corrected chi connectivity index (χ3v) is 4.93. The maximum atomic E-state index is 5.44. The zero-order valence-corrected chi connectivity index (χ0v) is 13.7. The number of anilines is 2. The Labute approximate surface area is 137 Å². The van der Waals surface area contributed by atoms with Crippen LogP contribution in [-0.2, 0) is 4.74 Å². The largest absolute Gasteiger partial charge is 0.378 e. The number of fused-ring (bicyclic) bond motifs is 1. The first kappa shape index (κ1) is 14.7. The SMILES string of the molecule is C[C@H]1CCCN(c2ncnc3cc(N4CCOCC4)ccc23)C1. The van der Waals surface area contributed by atoms with Crippen LogP contribution in [0.25, 0.3) is 10.9 Å². The Hall–Kier alpha value is -1.88. The van der Waals surface area contributed by atoms with E-state index in [-0.39, 0.29) is 0 Å². The van der Waals surface area contributed by atoms with Crippen molar-refractivity contribution in [2.24, 2.45) is 5.92 Å². The van der Waals surface area contributed by atoms with E-state index in [1.54, 1.807) is 6.33 Å². The molecule has 0 bridgehead atoms. The lowest BCUT2D eigenvalue weighted by molar-refractivity contribution is 0.122. The van der Waals surface area contributed by atoms with E-state index < -0.39 is 0 Å². The molecule has 0 N–H and O–H groups in total. The summed E-state index contributed by atoms with van der Waals surface area (Å²) in [6, 6.07) is 6.59. The summed E-state index contributed by atoms with van der Waals surface area (Å²) in [7, 11) is 0. The van der Waals surface area contributed by atoms with Gasteiger partial charge in [0.05, 0.1) is 18.7 Å². The van der Waals surface area contributed by atoms with Crippen LogP contribution in [0.2, 0.25) is 0 Å². The average molecular weight is 312 g/mol. The van der Waals surface area contributed by atoms with E-state index in [1.165, 1.54) is 23.9 Å². The van der Waals surface area contributed by atoms with Crippen LogP contribution in [0.15, 0.2) is 24.5 Å². The van der Waals surface area contributed by atoms with Gasteiger partial charge in [-0.2, -0.15) is 0 Å². The number of piperidine rings is 1. The molecule has 0 amide bonds. The molecule has 2 aliphatic rings. The highest BCUT2D eigenvalue weighted by Gasteiger charge is 2.20. The molecule has 5 heteroatoms. The maximum absolute atomic E-state index is 5.44. The van der Waals surface area contributed by atoms with Gasteiger partial charge in [-0.25, -0.2) is 9.97 Å². The van der Waals surface area contributed by atoms with E-state index in [0.717, 1.165) is 56.6 Å². The minimum Gasteiger partial charge on any atom is -0.378 e. The van der Waals surface area contributed by atoms with Crippen LogP contribution in [0.1, 0.15) is 19.8 Å². The number of aromatic nitrogens is 2. The number of ether oxygens (including phenoxy) is 1. The van der Waals surface area contributed by atoms with Crippen molar-refractivity contribution in [2.75, 3.05) is 49.2 Å². The Kier molecular flexibility index (Phi) is 4.04. The van der Waals surface area contributed by atoms with Gasteiger partial charge in [-0.15, -0.1) is 0 Å². The van der Waals surface area contributed by atoms with Crippen LogP contribution in [0.3, 0.4) is 0 Å². The van der Waals surface area contributed by atoms with Crippen LogP contribution in [0.5, 0.6) is 0 Å². The predicted molar refractivity (Wildman–Crippen MR) is 93.2 cm³/mol. The van der Waals surface area contributed by atoms with E-state index in [0.29, 0.717) is 0 Å². The first-order valence-corrected chi connectivity index (χ1v) is 8.63. The molecule has 2 aromatic rings. The van der Waals surface area contributed by atoms with Crippen molar-refractivity contribution in [1.29, 1.82) is 0 Å². The van der Waals surface area contributed by atoms with E-state index in [2.05, 4.69) is 44.9 Å². The smallest absolute Gasteiger partial charge is 0.139 e. The highest BCUT2D eigenvalue weighted by molar-refractivity contribution is 5.91. The minimum absolute atomic E-state index is 0.737. The van der Waals surface area contributed by atoms with Crippen LogP contribution in [0, 0.1) is 5.92 Å². The molecule has 122 valence electrons. The predicted octanol–water partition coefficient (Wildman–Crippen LogP) is 2.70. The van der Waals surface area contributed by atoms with Gasteiger partial charge in [0.2, 0.25) is 0 Å². The molecule has 0 aliphatic carbocycles. The van der Waals surface area contributed by atoms with E-state index >= 15 is 0 Å². The molecule has 5 nitrogen and oxygen atoms in total. The molecule has 1 aromatic carbocycles. The molecule has 2 saturated heterocycles. The summed E-state index contributed by atoms with van der Waals surface area (Å²) in [5.74, 6) is 1.83. The van der Waals surface area contributed by atoms with Crippen molar-refractivity contribution >= 4 is 22.4 Å². The van der Waals surface area contributed by atoms with Crippen molar-refractivity contribution in [3.8, 4) is 0 Å². The number of benzene rings is 1. The monoisotopic (exact) mass is 312 g/mol. The second-order valence-corrected chi connectivity index (χ2v) is 6.69. The first-order chi connectivity index (χ1) is 11.3. The van der Waals surface area contributed by atoms with Crippen molar-refractivity contribution in [3.63, 3.8) is 0 Å². The zero-order valence-electron chi connectivity index (χ0n) is 13.7. The Balaban J connectivity index is 1.67. The van der Waals surface area contributed by atoms with Crippen molar-refractivity contribution in [2.45, 2.75) is 19.8 Å². The normalized spacial score (nSPS) is 22.6. The summed E-state index contributed by atoms with van der Waals surface area (Å²) >= 11 is 0. The fourth-order valence-corrected chi connectivity index (χ4v) is 3.68. The number of hydrogen-bond acceptors (Lipinski definition) is 5. The Morgan fingerprint density at radius 2 is 1.96 bits per heavy atom. The van der Waals surface area contributed by atoms with Gasteiger partial charge < -0.3 is 14.5 Å². The molecule has 2 fully saturated rings. The van der Waals surface area contributed by atoms with Crippen LogP contribution >= 0.6 is 0 Å². The molecule has 1 aromatic heterocycles. The minimum atomic E-state index is 0.737. The van der Waals surface area contributed by atoms with Crippen LogP contribution in [-0.4, -0.2) is 49.4 Å². The Morgan fingerprint density at radius 3 is 2.78 bits per heavy atom. The molecule has 1 atom stereocenters. The van der Waals surface area contributed by atoms with Crippen molar-refractivity contribution in [3.05, 3.63) is 24.5 Å². The molecule has 0 unspecified atom stereocenters. The lowest BCUT2D eigenvalue weighted by atomic mass is 10.00. The topological polar surface area (TPSA) is 41.5 Å². The highest BCUT2D eigenvalue weighted by atomic mass is 16.5. The van der Waals surface area contributed by atoms with Crippen molar-refractivity contribution in [1.82, 2.24) is 9.97 Å². The van der Waals surface area contributed by atoms with E-state index in [4.69, 9.17) is 4.74 Å². The molecular weight excluding hydrogens is 288 g/mol. The molecule has 0 spiro atoms. The molecular formula is C18H24N4O. The van der Waals surface area contributed by atoms with Gasteiger partial charge >= 0.3 is 0 Å². The number of nitrogens with zero attached hydrogens (tertiary/aromatic N) is 4. The van der Waals surface area contributed by atoms with Gasteiger partial charge in [0, 0.05) is 37.3 Å². The first-order valence-electron chi connectivity index (χ1n) is 8.63. The van der Waals surface area contributed by atoms with Gasteiger partial charge in [0.25, 0.3) is 0 Å². The fourth-order valence-electron chi connectivity index (χ4n) is 3.68. The number of rotatable bonds is 2. The molecule has 4 rings (SSSR count). The third kappa shape index (κ3) is 2.98. The fraction of sp³-hybridized carbons (Fsp3) is 0.556. The maximum Gasteiger partial charge on any atom is 0.139 e. The van der Waals surface area contributed by atoms with Gasteiger partial charge in [0.1, 0.15) is 12.1 Å². The van der Waals surface area contributed by atoms with Gasteiger partial charge in [-0.3, -0.25) is 0 Å². The number of morpholine rings is 1. The summed E-state index contributed by atoms with van der Waals surface area (Å²) in [6.45, 7) is 8.03. The molecule has 0 radical (unpaired) electrons. The van der Waals surface area contributed by atoms with E-state index in [1.807, 2.05) is 0 Å². The average Bonchev–Trinajstić information content (AvgIpc) is 2.61. The summed E-state index contributed by atoms with van der Waals surface area (Å²) in [6.07, 6.45) is 4.28. The zero-order chi connectivity index (χ0) is 15.6. The second kappa shape index (κ2) is 6.32. The molecule has 2 aliphatic heterocycles. The molecule has 0 saturated carbocycles. The van der Waals surface area contributed by atoms with Gasteiger partial charge in [-0.1, -0.05) is 6.92 Å². The standard InChI is InChI=1S/C18H24N4O/c1-14-3-2-6-22(12-14)18-16-5-4-15(11-17(16)19-13-20-18)21-7-9-23-10-8-21/h4-5,11,13-14H,2-3,6-10,12H2,1H3/t14-/m0/s1. The highest BCUT2D eigenvalue weighted by Crippen LogP contribution is 2.29. The second-order valence-electron chi connectivity index (χ2n) is 6.69. The lowest BCUT2D eigenvalue weighted by Gasteiger charge is -2.32. The van der Waals surface area contributed by atoms with Crippen LogP contribution in [0.4, 0.5) is 11.5 Å². The Bertz CT molecular complexity index is 684. The number of hydrogen-bond donors (Lipinski definition) is 0. The summed E-state index contributed by atoms with van der Waals surface area (Å²) < 4.78 is 5.44. The lowest BCUT2D eigenvalue weighted by Crippen LogP contribution is -2.36. The van der Waals surface area contributed by atoms with E-state index in [9.17, 15) is 0 Å². The summed E-state index contributed by atoms with van der Waals surface area (Å²) in [5, 5.41) is 1.17.